The van der Waals surface area contributed by atoms with Crippen molar-refractivity contribution in [3.05, 3.63) is 0 Å². The summed E-state index contributed by atoms with van der Waals surface area (Å²) in [5.74, 6) is 0.578. The van der Waals surface area contributed by atoms with Gasteiger partial charge < -0.3 is 10.2 Å². The van der Waals surface area contributed by atoms with E-state index in [1.165, 1.54) is 186 Å². The topological polar surface area (TPSA) is 40.5 Å². The Bertz CT molecular complexity index is 360. The predicted molar refractivity (Wildman–Crippen MR) is 173 cm³/mol. The highest BCUT2D eigenvalue weighted by molar-refractivity contribution is 4.59. The average Bonchev–Trinajstić information content (AvgIpc) is 2.93. The minimum Gasteiger partial charge on any atom is -0.396 e. The van der Waals surface area contributed by atoms with E-state index < -0.39 is 0 Å². The molecule has 0 radical (unpaired) electrons. The average molecular weight is 541 g/mol. The summed E-state index contributed by atoms with van der Waals surface area (Å²) in [7, 11) is 0. The molecule has 0 aliphatic carbocycles. The van der Waals surface area contributed by atoms with Crippen molar-refractivity contribution in [3.63, 3.8) is 0 Å². The predicted octanol–water partition coefficient (Wildman–Crippen LogP) is 12.3. The second-order valence-electron chi connectivity index (χ2n) is 12.2. The van der Waals surface area contributed by atoms with Crippen molar-refractivity contribution < 1.29 is 10.2 Å². The van der Waals surface area contributed by atoms with Crippen LogP contribution in [0.3, 0.4) is 0 Å². The third kappa shape index (κ3) is 38.1. The van der Waals surface area contributed by atoms with Crippen molar-refractivity contribution in [2.24, 2.45) is 5.92 Å². The second-order valence-corrected chi connectivity index (χ2v) is 12.2. The Labute approximate surface area is 242 Å². The smallest absolute Gasteiger partial charge is 0.0459 e. The molecule has 0 rings (SSSR count). The zero-order chi connectivity index (χ0) is 28.2. The molecular weight excluding hydrogens is 464 g/mol. The zero-order valence-corrected chi connectivity index (χ0v) is 27.1. The van der Waals surface area contributed by atoms with Crippen LogP contribution in [0.5, 0.6) is 0 Å². The molecule has 0 aliphatic rings. The molecule has 2 nitrogen and oxygen atoms in total. The van der Waals surface area contributed by atoms with E-state index in [0.29, 0.717) is 19.1 Å². The zero-order valence-electron chi connectivity index (χ0n) is 27.1. The highest BCUT2D eigenvalue weighted by Crippen LogP contribution is 2.19. The second kappa shape index (κ2) is 39.1. The van der Waals surface area contributed by atoms with Crippen LogP contribution in [-0.2, 0) is 0 Å². The van der Waals surface area contributed by atoms with Crippen LogP contribution in [0.25, 0.3) is 0 Å². The van der Waals surface area contributed by atoms with Gasteiger partial charge in [-0.15, -0.1) is 0 Å². The fourth-order valence-electron chi connectivity index (χ4n) is 5.41. The molecule has 1 unspecified atom stereocenters. The molecule has 0 aromatic heterocycles. The van der Waals surface area contributed by atoms with Crippen molar-refractivity contribution in [1.82, 2.24) is 0 Å². The minimum atomic E-state index is 0.372. The van der Waals surface area contributed by atoms with Gasteiger partial charge >= 0.3 is 0 Å². The van der Waals surface area contributed by atoms with Gasteiger partial charge in [-0.1, -0.05) is 194 Å². The first kappa shape index (κ1) is 40.1. The largest absolute Gasteiger partial charge is 0.396 e. The standard InChI is InChI=1S/C24H50O.C12H26O/c1-3-5-7-9-11-13-14-16-18-20-22-24(23-25)21-19-17-15-12-10-8-6-4-2;1-2-3-4-5-6-7-8-9-10-11-12-13/h24-25H,3-23H2,1-2H3;13H,2-12H2,1H3. The third-order valence-electron chi connectivity index (χ3n) is 8.20. The van der Waals surface area contributed by atoms with Crippen LogP contribution >= 0.6 is 0 Å². The van der Waals surface area contributed by atoms with Gasteiger partial charge in [-0.3, -0.25) is 0 Å². The lowest BCUT2D eigenvalue weighted by atomic mass is 9.94. The molecule has 0 saturated heterocycles. The van der Waals surface area contributed by atoms with Gasteiger partial charge in [-0.05, 0) is 25.2 Å². The van der Waals surface area contributed by atoms with Crippen molar-refractivity contribution in [2.75, 3.05) is 13.2 Å². The molecule has 0 fully saturated rings. The molecule has 0 aromatic carbocycles. The first-order chi connectivity index (χ1) is 18.8. The van der Waals surface area contributed by atoms with Gasteiger partial charge in [0, 0.05) is 13.2 Å². The van der Waals surface area contributed by atoms with E-state index in [2.05, 4.69) is 20.8 Å². The summed E-state index contributed by atoms with van der Waals surface area (Å²) < 4.78 is 0. The van der Waals surface area contributed by atoms with E-state index in [1.807, 2.05) is 0 Å². The van der Waals surface area contributed by atoms with E-state index in [9.17, 15) is 5.11 Å². The van der Waals surface area contributed by atoms with Gasteiger partial charge in [0.25, 0.3) is 0 Å². The highest BCUT2D eigenvalue weighted by atomic mass is 16.3. The van der Waals surface area contributed by atoms with Crippen LogP contribution in [0.2, 0.25) is 0 Å². The Balaban J connectivity index is 0. The van der Waals surface area contributed by atoms with Crippen LogP contribution in [0.15, 0.2) is 0 Å². The van der Waals surface area contributed by atoms with E-state index in [-0.39, 0.29) is 0 Å². The maximum absolute atomic E-state index is 9.57. The maximum atomic E-state index is 9.57. The summed E-state index contributed by atoms with van der Waals surface area (Å²) in [5, 5.41) is 18.1. The van der Waals surface area contributed by atoms with E-state index in [1.54, 1.807) is 0 Å². The Morgan fingerprint density at radius 3 is 0.789 bits per heavy atom. The first-order valence-electron chi connectivity index (χ1n) is 18.0. The molecule has 2 N–H and O–H groups in total. The molecular formula is C36H76O2. The number of hydrogen-bond donors (Lipinski definition) is 2. The van der Waals surface area contributed by atoms with Gasteiger partial charge in [0.05, 0.1) is 0 Å². The van der Waals surface area contributed by atoms with Crippen LogP contribution in [0, 0.1) is 5.92 Å². The molecule has 0 aliphatic heterocycles. The van der Waals surface area contributed by atoms with Crippen molar-refractivity contribution >= 4 is 0 Å². The van der Waals surface area contributed by atoms with Crippen molar-refractivity contribution in [1.29, 1.82) is 0 Å². The molecule has 0 heterocycles. The molecule has 0 aromatic rings. The number of aliphatic hydroxyl groups excluding tert-OH is 2. The summed E-state index contributed by atoms with van der Waals surface area (Å²) in [6.07, 6.45) is 41.0. The van der Waals surface area contributed by atoms with E-state index in [0.717, 1.165) is 6.42 Å². The van der Waals surface area contributed by atoms with E-state index >= 15 is 0 Å². The monoisotopic (exact) mass is 541 g/mol. The Hall–Kier alpha value is -0.0800. The SMILES string of the molecule is CCCCCCCCCCCCC(CO)CCCCCCCCCC.CCCCCCCCCCCCO. The van der Waals surface area contributed by atoms with Gasteiger partial charge in [0.15, 0.2) is 0 Å². The molecule has 2 heteroatoms. The summed E-state index contributed by atoms with van der Waals surface area (Å²) >= 11 is 0. The lowest BCUT2D eigenvalue weighted by Gasteiger charge is -2.13. The fourth-order valence-corrected chi connectivity index (χ4v) is 5.41. The summed E-state index contributed by atoms with van der Waals surface area (Å²) in [4.78, 5) is 0. The van der Waals surface area contributed by atoms with Crippen molar-refractivity contribution in [2.45, 2.75) is 213 Å². The Kier molecular flexibility index (Phi) is 41.2. The minimum absolute atomic E-state index is 0.372. The number of unbranched alkanes of at least 4 members (excludes halogenated alkanes) is 25. The summed E-state index contributed by atoms with van der Waals surface area (Å²) in [6, 6.07) is 0. The van der Waals surface area contributed by atoms with Crippen LogP contribution in [0.1, 0.15) is 213 Å². The number of aliphatic hydroxyl groups is 2. The van der Waals surface area contributed by atoms with Crippen LogP contribution in [-0.4, -0.2) is 23.4 Å². The quantitative estimate of drug-likeness (QED) is 0.0858. The Morgan fingerprint density at radius 2 is 0.553 bits per heavy atom. The molecule has 0 bridgehead atoms. The lowest BCUT2D eigenvalue weighted by Crippen LogP contribution is -2.06. The fraction of sp³-hybridized carbons (Fsp3) is 1.00. The van der Waals surface area contributed by atoms with Gasteiger partial charge in [-0.2, -0.15) is 0 Å². The van der Waals surface area contributed by atoms with Crippen molar-refractivity contribution in [3.8, 4) is 0 Å². The maximum Gasteiger partial charge on any atom is 0.0459 e. The molecule has 1 atom stereocenters. The van der Waals surface area contributed by atoms with Gasteiger partial charge in [0.1, 0.15) is 0 Å². The highest BCUT2D eigenvalue weighted by Gasteiger charge is 2.07. The molecule has 0 spiro atoms. The number of rotatable bonds is 31. The summed E-state index contributed by atoms with van der Waals surface area (Å²) in [6.45, 7) is 7.61. The molecule has 38 heavy (non-hydrogen) atoms. The first-order valence-corrected chi connectivity index (χ1v) is 18.0. The van der Waals surface area contributed by atoms with Crippen LogP contribution in [0.4, 0.5) is 0 Å². The number of hydrogen-bond acceptors (Lipinski definition) is 2. The van der Waals surface area contributed by atoms with Crippen LogP contribution < -0.4 is 0 Å². The third-order valence-corrected chi connectivity index (χ3v) is 8.20. The van der Waals surface area contributed by atoms with E-state index in [4.69, 9.17) is 5.11 Å². The normalized spacial score (nSPS) is 11.9. The van der Waals surface area contributed by atoms with Gasteiger partial charge in [0.2, 0.25) is 0 Å². The molecule has 232 valence electrons. The lowest BCUT2D eigenvalue weighted by molar-refractivity contribution is 0.204. The Morgan fingerprint density at radius 1 is 0.316 bits per heavy atom. The molecule has 0 saturated carbocycles. The van der Waals surface area contributed by atoms with Gasteiger partial charge in [-0.25, -0.2) is 0 Å². The molecule has 0 amide bonds. The summed E-state index contributed by atoms with van der Waals surface area (Å²) in [5.41, 5.74) is 0.